The molecule has 1 saturated carbocycles. The lowest BCUT2D eigenvalue weighted by Crippen LogP contribution is -2.38. The molecule has 0 atom stereocenters. The molecule has 0 bridgehead atoms. The molecule has 0 unspecified atom stereocenters. The number of nitrogens with zero attached hydrogens (tertiary/aromatic N) is 2. The second kappa shape index (κ2) is 11.1. The number of rotatable bonds is 7. The first-order chi connectivity index (χ1) is 17.6. The zero-order valence-electron chi connectivity index (χ0n) is 21.8. The largest absolute Gasteiger partial charge is 0.465 e. The molecular formula is C30H36N4O3. The molecule has 1 aromatic heterocycles. The van der Waals surface area contributed by atoms with Crippen molar-refractivity contribution in [2.75, 3.05) is 12.4 Å². The quantitative estimate of drug-likeness (QED) is 0.363. The predicted molar refractivity (Wildman–Crippen MR) is 147 cm³/mol. The van der Waals surface area contributed by atoms with Crippen LogP contribution in [0.5, 0.6) is 0 Å². The topological polar surface area (TPSA) is 109 Å². The first kappa shape index (κ1) is 26.4. The van der Waals surface area contributed by atoms with Gasteiger partial charge in [0.2, 0.25) is 5.91 Å². The molecule has 194 valence electrons. The van der Waals surface area contributed by atoms with E-state index in [9.17, 15) is 14.7 Å². The summed E-state index contributed by atoms with van der Waals surface area (Å²) in [6.07, 6.45) is 4.49. The smallest absolute Gasteiger partial charge is 0.407 e. The van der Waals surface area contributed by atoms with Crippen molar-refractivity contribution in [2.24, 2.45) is 11.7 Å². The third kappa shape index (κ3) is 6.54. The molecule has 0 saturated heterocycles. The van der Waals surface area contributed by atoms with E-state index >= 15 is 0 Å². The number of aromatic nitrogens is 1. The summed E-state index contributed by atoms with van der Waals surface area (Å²) < 4.78 is 0. The number of amides is 2. The van der Waals surface area contributed by atoms with Crippen LogP contribution in [0.15, 0.2) is 66.9 Å². The van der Waals surface area contributed by atoms with Crippen molar-refractivity contribution < 1.29 is 14.7 Å². The number of hydrogen-bond donors (Lipinski definition) is 3. The zero-order chi connectivity index (χ0) is 26.6. The van der Waals surface area contributed by atoms with Crippen molar-refractivity contribution in [3.05, 3.63) is 72.4 Å². The van der Waals surface area contributed by atoms with Gasteiger partial charge in [0.1, 0.15) is 0 Å². The van der Waals surface area contributed by atoms with Gasteiger partial charge in [-0.3, -0.25) is 9.78 Å². The molecular weight excluding hydrogens is 464 g/mol. The van der Waals surface area contributed by atoms with Crippen LogP contribution in [0.4, 0.5) is 10.5 Å². The monoisotopic (exact) mass is 500 g/mol. The van der Waals surface area contributed by atoms with E-state index in [-0.39, 0.29) is 17.9 Å². The van der Waals surface area contributed by atoms with Crippen LogP contribution in [0.1, 0.15) is 51.5 Å². The molecule has 4 rings (SSSR count). The molecule has 1 fully saturated rings. The fourth-order valence-electron chi connectivity index (χ4n) is 5.03. The molecule has 0 radical (unpaired) electrons. The maximum Gasteiger partial charge on any atom is 0.407 e. The van der Waals surface area contributed by atoms with E-state index in [0.717, 1.165) is 53.6 Å². The Balaban J connectivity index is 1.49. The highest BCUT2D eigenvalue weighted by Gasteiger charge is 2.27. The van der Waals surface area contributed by atoms with E-state index in [4.69, 9.17) is 10.7 Å². The van der Waals surface area contributed by atoms with Crippen molar-refractivity contribution in [3.8, 4) is 22.4 Å². The molecule has 4 N–H and O–H groups in total. The number of benzene rings is 2. The van der Waals surface area contributed by atoms with E-state index in [1.807, 2.05) is 74.5 Å². The molecule has 0 spiro atoms. The van der Waals surface area contributed by atoms with Crippen LogP contribution in [-0.4, -0.2) is 40.1 Å². The van der Waals surface area contributed by atoms with E-state index in [2.05, 4.69) is 5.32 Å². The van der Waals surface area contributed by atoms with Gasteiger partial charge in [-0.1, -0.05) is 54.6 Å². The normalized spacial score (nSPS) is 17.7. The van der Waals surface area contributed by atoms with Gasteiger partial charge in [0.05, 0.1) is 17.6 Å². The van der Waals surface area contributed by atoms with Gasteiger partial charge < -0.3 is 21.1 Å². The van der Waals surface area contributed by atoms with E-state index in [1.165, 1.54) is 4.90 Å². The number of nitrogens with two attached hydrogens (primary N) is 1. The minimum absolute atomic E-state index is 0.0342. The van der Waals surface area contributed by atoms with Gasteiger partial charge in [-0.15, -0.1) is 0 Å². The molecule has 0 aliphatic heterocycles. The molecule has 37 heavy (non-hydrogen) atoms. The van der Waals surface area contributed by atoms with Gasteiger partial charge in [-0.05, 0) is 62.6 Å². The number of anilines is 1. The van der Waals surface area contributed by atoms with E-state index < -0.39 is 11.6 Å². The van der Waals surface area contributed by atoms with Crippen LogP contribution in [0.2, 0.25) is 0 Å². The Labute approximate surface area is 218 Å². The van der Waals surface area contributed by atoms with Crippen LogP contribution >= 0.6 is 0 Å². The van der Waals surface area contributed by atoms with Crippen molar-refractivity contribution in [2.45, 2.75) is 57.5 Å². The van der Waals surface area contributed by atoms with Gasteiger partial charge in [0, 0.05) is 36.2 Å². The number of carbonyl (C=O) groups is 2. The zero-order valence-corrected chi connectivity index (χ0v) is 21.8. The van der Waals surface area contributed by atoms with Crippen LogP contribution < -0.4 is 11.1 Å². The van der Waals surface area contributed by atoms with Crippen LogP contribution in [0.25, 0.3) is 22.4 Å². The summed E-state index contributed by atoms with van der Waals surface area (Å²) >= 11 is 0. The Morgan fingerprint density at radius 3 is 2.27 bits per heavy atom. The van der Waals surface area contributed by atoms with E-state index in [0.29, 0.717) is 12.1 Å². The number of nitrogens with one attached hydrogen (secondary N) is 1. The summed E-state index contributed by atoms with van der Waals surface area (Å²) in [6, 6.07) is 20.2. The molecule has 7 heteroatoms. The van der Waals surface area contributed by atoms with Crippen molar-refractivity contribution in [3.63, 3.8) is 0 Å². The minimum atomic E-state index is -0.898. The maximum absolute atomic E-state index is 12.9. The Morgan fingerprint density at radius 2 is 1.68 bits per heavy atom. The Morgan fingerprint density at radius 1 is 1.03 bits per heavy atom. The molecule has 7 nitrogen and oxygen atoms in total. The van der Waals surface area contributed by atoms with Crippen LogP contribution in [0.3, 0.4) is 0 Å². The Kier molecular flexibility index (Phi) is 7.93. The molecule has 1 aliphatic rings. The summed E-state index contributed by atoms with van der Waals surface area (Å²) in [5.41, 5.74) is 11.3. The summed E-state index contributed by atoms with van der Waals surface area (Å²) in [7, 11) is 1.62. The lowest BCUT2D eigenvalue weighted by atomic mass is 9.83. The van der Waals surface area contributed by atoms with Gasteiger partial charge in [-0.2, -0.15) is 0 Å². The summed E-state index contributed by atoms with van der Waals surface area (Å²) in [4.78, 5) is 30.2. The number of pyridine rings is 1. The second-order valence-electron chi connectivity index (χ2n) is 10.6. The predicted octanol–water partition coefficient (Wildman–Crippen LogP) is 6.11. The first-order valence-corrected chi connectivity index (χ1v) is 12.8. The number of carboxylic acid groups (broad SMARTS) is 1. The average molecular weight is 501 g/mol. The maximum atomic E-state index is 12.9. The van der Waals surface area contributed by atoms with Crippen molar-refractivity contribution >= 4 is 17.7 Å². The molecule has 2 aromatic carbocycles. The standard InChI is InChI=1S/C30H36N4O3/c1-30(2,31)23-13-11-22(12-14-23)28-26(21-7-5-4-6-8-21)18-24(19-32-28)33-27(35)17-20-9-15-25(16-10-20)34(3)29(36)37/h4-8,11-14,18-20,25H,9-10,15-17,31H2,1-3H3,(H,33,35)(H,36,37). The highest BCUT2D eigenvalue weighted by atomic mass is 16.4. The molecule has 1 aliphatic carbocycles. The summed E-state index contributed by atoms with van der Waals surface area (Å²) in [5, 5.41) is 12.2. The third-order valence-corrected chi connectivity index (χ3v) is 7.30. The van der Waals surface area contributed by atoms with Gasteiger partial charge in [0.25, 0.3) is 0 Å². The minimum Gasteiger partial charge on any atom is -0.465 e. The molecule has 1 heterocycles. The van der Waals surface area contributed by atoms with Crippen LogP contribution in [-0.2, 0) is 10.3 Å². The SMILES string of the molecule is CN(C(=O)O)C1CCC(CC(=O)Nc2cnc(-c3ccc(C(C)(C)N)cc3)c(-c3ccccc3)c2)CC1. The average Bonchev–Trinajstić information content (AvgIpc) is 2.88. The highest BCUT2D eigenvalue weighted by molar-refractivity contribution is 5.93. The summed E-state index contributed by atoms with van der Waals surface area (Å²) in [6.45, 7) is 3.96. The fraction of sp³-hybridized carbons (Fsp3) is 0.367. The van der Waals surface area contributed by atoms with Gasteiger partial charge >= 0.3 is 6.09 Å². The Bertz CT molecular complexity index is 1230. The molecule has 2 amide bonds. The highest BCUT2D eigenvalue weighted by Crippen LogP contribution is 2.34. The summed E-state index contributed by atoms with van der Waals surface area (Å²) in [5.74, 6) is 0.211. The van der Waals surface area contributed by atoms with E-state index in [1.54, 1.807) is 13.2 Å². The lowest BCUT2D eigenvalue weighted by Gasteiger charge is -2.32. The lowest BCUT2D eigenvalue weighted by molar-refractivity contribution is -0.117. The van der Waals surface area contributed by atoms with Crippen molar-refractivity contribution in [1.29, 1.82) is 0 Å². The molecule has 3 aromatic rings. The van der Waals surface area contributed by atoms with Gasteiger partial charge in [-0.25, -0.2) is 4.79 Å². The first-order valence-electron chi connectivity index (χ1n) is 12.8. The van der Waals surface area contributed by atoms with Crippen LogP contribution in [0, 0.1) is 5.92 Å². The second-order valence-corrected chi connectivity index (χ2v) is 10.6. The fourth-order valence-corrected chi connectivity index (χ4v) is 5.03. The third-order valence-electron chi connectivity index (χ3n) is 7.30. The van der Waals surface area contributed by atoms with Gasteiger partial charge in [0.15, 0.2) is 0 Å². The Hall–Kier alpha value is -3.71. The number of carbonyl (C=O) groups excluding carboxylic acids is 1. The number of hydrogen-bond acceptors (Lipinski definition) is 4. The van der Waals surface area contributed by atoms with Crippen molar-refractivity contribution in [1.82, 2.24) is 9.88 Å².